The molecule has 0 saturated carbocycles. The zero-order valence-corrected chi connectivity index (χ0v) is 20.7. The number of benzene rings is 3. The Morgan fingerprint density at radius 2 is 1.59 bits per heavy atom. The summed E-state index contributed by atoms with van der Waals surface area (Å²) in [6, 6.07) is 15.0. The molecule has 0 bridgehead atoms. The third-order valence-electron chi connectivity index (χ3n) is 5.13. The molecule has 34 heavy (non-hydrogen) atoms. The van der Waals surface area contributed by atoms with Crippen LogP contribution >= 0.6 is 39.1 Å². The van der Waals surface area contributed by atoms with Crippen molar-refractivity contribution in [1.29, 1.82) is 0 Å². The molecule has 0 radical (unpaired) electrons. The van der Waals surface area contributed by atoms with Gasteiger partial charge in [0.2, 0.25) is 5.62 Å². The zero-order chi connectivity index (χ0) is 24.6. The van der Waals surface area contributed by atoms with E-state index in [1.807, 2.05) is 40.4 Å². The van der Waals surface area contributed by atoms with Crippen LogP contribution in [0.25, 0.3) is 11.0 Å². The number of hydrogen-bond acceptors (Lipinski definition) is 3. The van der Waals surface area contributed by atoms with Crippen molar-refractivity contribution in [3.8, 4) is 5.75 Å². The molecule has 0 aliphatic heterocycles. The van der Waals surface area contributed by atoms with Crippen LogP contribution in [-0.4, -0.2) is 20.6 Å². The van der Waals surface area contributed by atoms with Gasteiger partial charge in [0.1, 0.15) is 5.75 Å². The number of aromatic nitrogens is 2. The van der Waals surface area contributed by atoms with Gasteiger partial charge in [-0.15, -0.1) is 13.2 Å². The molecule has 178 valence electrons. The van der Waals surface area contributed by atoms with Crippen molar-refractivity contribution in [3.05, 3.63) is 85.9 Å². The fourth-order valence-electron chi connectivity index (χ4n) is 3.51. The van der Waals surface area contributed by atoms with E-state index in [0.717, 1.165) is 22.2 Å². The fraction of sp³-hybridized carbons (Fsp3) is 0.174. The van der Waals surface area contributed by atoms with Crippen LogP contribution in [0.5, 0.6) is 5.75 Å². The van der Waals surface area contributed by atoms with Crippen molar-refractivity contribution >= 4 is 55.9 Å². The molecular formula is C23H17BrCl2F3N3O2. The van der Waals surface area contributed by atoms with Gasteiger partial charge in [-0.1, -0.05) is 47.5 Å². The highest BCUT2D eigenvalue weighted by Gasteiger charge is 2.32. The van der Waals surface area contributed by atoms with Crippen molar-refractivity contribution < 1.29 is 23.0 Å². The number of aryl methyl sites for hydroxylation is 1. The highest BCUT2D eigenvalue weighted by atomic mass is 79.9. The van der Waals surface area contributed by atoms with Crippen LogP contribution < -0.4 is 10.4 Å². The molecule has 0 spiro atoms. The Hall–Kier alpha value is -2.46. The lowest BCUT2D eigenvalue weighted by molar-refractivity contribution is -0.274. The zero-order valence-electron chi connectivity index (χ0n) is 17.6. The minimum Gasteiger partial charge on any atom is -0.405 e. The van der Waals surface area contributed by atoms with Gasteiger partial charge in [-0.05, 0) is 57.4 Å². The third kappa shape index (κ3) is 5.27. The van der Waals surface area contributed by atoms with E-state index in [1.165, 1.54) is 18.2 Å². The molecule has 4 aromatic rings. The predicted octanol–water partition coefficient (Wildman–Crippen LogP) is 6.72. The van der Waals surface area contributed by atoms with Crippen LogP contribution in [0.1, 0.15) is 11.1 Å². The number of imidazole rings is 1. The molecule has 1 aromatic heterocycles. The lowest BCUT2D eigenvalue weighted by Crippen LogP contribution is -2.24. The molecule has 0 atom stereocenters. The number of halogens is 6. The van der Waals surface area contributed by atoms with Gasteiger partial charge in [-0.25, -0.2) is 4.99 Å². The van der Waals surface area contributed by atoms with E-state index in [9.17, 15) is 18.3 Å². The van der Waals surface area contributed by atoms with Gasteiger partial charge in [0.05, 0.1) is 44.4 Å². The Balaban J connectivity index is 1.87. The summed E-state index contributed by atoms with van der Waals surface area (Å²) in [5.41, 5.74) is 4.23. The predicted molar refractivity (Wildman–Crippen MR) is 128 cm³/mol. The summed E-state index contributed by atoms with van der Waals surface area (Å²) >= 11 is 15.7. The summed E-state index contributed by atoms with van der Waals surface area (Å²) in [4.78, 5) is 4.70. The van der Waals surface area contributed by atoms with Crippen LogP contribution in [0.4, 0.5) is 18.9 Å². The maximum Gasteiger partial charge on any atom is 0.573 e. The average molecular weight is 575 g/mol. The molecule has 1 heterocycles. The van der Waals surface area contributed by atoms with E-state index < -0.39 is 6.36 Å². The second kappa shape index (κ2) is 9.65. The quantitative estimate of drug-likeness (QED) is 0.288. The normalized spacial score (nSPS) is 12.5. The molecular weight excluding hydrogens is 558 g/mol. The van der Waals surface area contributed by atoms with Gasteiger partial charge in [-0.2, -0.15) is 0 Å². The number of nitrogens with zero attached hydrogens (tertiary/aromatic N) is 3. The summed E-state index contributed by atoms with van der Waals surface area (Å²) in [5, 5.41) is 10.1. The lowest BCUT2D eigenvalue weighted by atomic mass is 10.1. The minimum absolute atomic E-state index is 0.0562. The minimum atomic E-state index is -4.80. The van der Waals surface area contributed by atoms with Crippen LogP contribution in [0.15, 0.2) is 64.1 Å². The van der Waals surface area contributed by atoms with Gasteiger partial charge in [0.25, 0.3) is 0 Å². The molecule has 5 nitrogen and oxygen atoms in total. The molecule has 0 aliphatic rings. The van der Waals surface area contributed by atoms with Crippen molar-refractivity contribution in [2.24, 2.45) is 12.0 Å². The van der Waals surface area contributed by atoms with Crippen LogP contribution in [0.3, 0.4) is 0 Å². The highest BCUT2D eigenvalue weighted by molar-refractivity contribution is 9.10. The second-order valence-corrected chi connectivity index (χ2v) is 9.12. The SMILES string of the molecule is Cn1c(=Nc2ccc(OC(F)(F)F)c(Br)c2)n(Cc2ccc(CO)cc2)c2cc(Cl)c(Cl)cc21. The van der Waals surface area contributed by atoms with E-state index in [0.29, 0.717) is 27.9 Å². The summed E-state index contributed by atoms with van der Waals surface area (Å²) in [6.45, 7) is 0.371. The standard InChI is InChI=1S/C23H17BrCl2F3N3O2/c1-31-19-9-17(25)18(26)10-20(19)32(11-13-2-4-14(12-33)5-3-13)22(31)30-15-6-7-21(16(24)8-15)34-23(27,28)29/h2-10,33H,11-12H2,1H3. The van der Waals surface area contributed by atoms with E-state index in [4.69, 9.17) is 28.2 Å². The fourth-order valence-corrected chi connectivity index (χ4v) is 4.28. The van der Waals surface area contributed by atoms with Crippen molar-refractivity contribution in [3.63, 3.8) is 0 Å². The first-order valence-corrected chi connectivity index (χ1v) is 11.4. The van der Waals surface area contributed by atoms with Crippen molar-refractivity contribution in [1.82, 2.24) is 9.13 Å². The smallest absolute Gasteiger partial charge is 0.405 e. The molecule has 11 heteroatoms. The second-order valence-electron chi connectivity index (χ2n) is 7.45. The van der Waals surface area contributed by atoms with Crippen LogP contribution in [-0.2, 0) is 20.2 Å². The number of aliphatic hydroxyl groups is 1. The summed E-state index contributed by atoms with van der Waals surface area (Å²) in [7, 11) is 1.81. The number of rotatable bonds is 5. The molecule has 0 fully saturated rings. The molecule has 3 aromatic carbocycles. The molecule has 0 saturated heterocycles. The third-order valence-corrected chi connectivity index (χ3v) is 6.47. The van der Waals surface area contributed by atoms with Gasteiger partial charge >= 0.3 is 6.36 Å². The van der Waals surface area contributed by atoms with Crippen molar-refractivity contribution in [2.75, 3.05) is 0 Å². The average Bonchev–Trinajstić information content (AvgIpc) is 3.01. The van der Waals surface area contributed by atoms with Gasteiger partial charge in [0, 0.05) is 7.05 Å². The number of alkyl halides is 3. The number of fused-ring (bicyclic) bond motifs is 1. The number of aliphatic hydroxyl groups excluding tert-OH is 1. The van der Waals surface area contributed by atoms with E-state index in [-0.39, 0.29) is 16.8 Å². The van der Waals surface area contributed by atoms with Gasteiger partial charge in [-0.3, -0.25) is 0 Å². The van der Waals surface area contributed by atoms with Crippen molar-refractivity contribution in [2.45, 2.75) is 19.5 Å². The van der Waals surface area contributed by atoms with Crippen LogP contribution in [0, 0.1) is 0 Å². The molecule has 4 rings (SSSR count). The van der Waals surface area contributed by atoms with E-state index >= 15 is 0 Å². The van der Waals surface area contributed by atoms with E-state index in [1.54, 1.807) is 12.1 Å². The molecule has 1 N–H and O–H groups in total. The Morgan fingerprint density at radius 1 is 0.971 bits per heavy atom. The largest absolute Gasteiger partial charge is 0.573 e. The lowest BCUT2D eigenvalue weighted by Gasteiger charge is -2.10. The van der Waals surface area contributed by atoms with Crippen LogP contribution in [0.2, 0.25) is 10.0 Å². The topological polar surface area (TPSA) is 51.7 Å². The monoisotopic (exact) mass is 573 g/mol. The highest BCUT2D eigenvalue weighted by Crippen LogP contribution is 2.33. The van der Waals surface area contributed by atoms with Gasteiger partial charge in [0.15, 0.2) is 0 Å². The maximum absolute atomic E-state index is 12.6. The molecule has 0 unspecified atom stereocenters. The van der Waals surface area contributed by atoms with Gasteiger partial charge < -0.3 is 19.0 Å². The molecule has 0 aliphatic carbocycles. The summed E-state index contributed by atoms with van der Waals surface area (Å²) in [6.07, 6.45) is -4.80. The molecule has 0 amide bonds. The summed E-state index contributed by atoms with van der Waals surface area (Å²) < 4.78 is 45.7. The Kier molecular flexibility index (Phi) is 7.00. The Labute approximate surface area is 210 Å². The number of hydrogen-bond donors (Lipinski definition) is 1. The Morgan fingerprint density at radius 3 is 2.18 bits per heavy atom. The first kappa shape index (κ1) is 24.7. The number of ether oxygens (including phenoxy) is 1. The first-order valence-electron chi connectivity index (χ1n) is 9.88. The Bertz CT molecular complexity index is 1430. The summed E-state index contributed by atoms with van der Waals surface area (Å²) in [5.74, 6) is -0.362. The maximum atomic E-state index is 12.6. The first-order chi connectivity index (χ1) is 16.1. The van der Waals surface area contributed by atoms with E-state index in [2.05, 4.69) is 20.7 Å².